The van der Waals surface area contributed by atoms with Crippen LogP contribution in [-0.4, -0.2) is 205 Å². The van der Waals surface area contributed by atoms with Gasteiger partial charge >= 0.3 is 56.8 Å². The van der Waals surface area contributed by atoms with E-state index in [1.165, 1.54) is 63.5 Å². The molecule has 2 bridgehead atoms. The molecule has 5 aromatic rings. The number of hydrogen-bond donors (Lipinski definition) is 9. The lowest BCUT2D eigenvalue weighted by Gasteiger charge is -2.47. The van der Waals surface area contributed by atoms with Gasteiger partial charge in [-0.2, -0.15) is 40.2 Å². The Morgan fingerprint density at radius 1 is 0.748 bits per heavy atom. The minimum absolute atomic E-state index is 0.0495. The largest absolute Gasteiger partial charge is 0.524 e. The molecular weight excluding hydrogens is 1520 g/mol. The number of methoxy groups -OCH3 is 2. The van der Waals surface area contributed by atoms with Gasteiger partial charge in [-0.1, -0.05) is 43.9 Å². The maximum Gasteiger partial charge on any atom is 0.524 e. The molecule has 5 amide bonds. The summed E-state index contributed by atoms with van der Waals surface area (Å²) in [5.74, 6) is -7.43. The van der Waals surface area contributed by atoms with Gasteiger partial charge in [0, 0.05) is 78.0 Å². The summed E-state index contributed by atoms with van der Waals surface area (Å²) in [6.07, 6.45) is -14.7. The molecule has 9 N–H and O–H groups in total. The van der Waals surface area contributed by atoms with Crippen LogP contribution in [0.15, 0.2) is 73.2 Å². The number of phosphoric acid groups is 1. The predicted molar refractivity (Wildman–Crippen MR) is 368 cm³/mol. The molecule has 604 valence electrons. The second-order valence-electron chi connectivity index (χ2n) is 28.5. The number of alkyl carbamates (subject to hydrolysis) is 2. The molecule has 41 heteroatoms. The summed E-state index contributed by atoms with van der Waals surface area (Å²) >= 11 is 0. The number of fused-ring (bicyclic) bond motifs is 2. The van der Waals surface area contributed by atoms with Gasteiger partial charge in [0.2, 0.25) is 17.8 Å². The average Bonchev–Trinajstić information content (AvgIpc) is 1.38. The first-order valence-electron chi connectivity index (χ1n) is 34.0. The van der Waals surface area contributed by atoms with E-state index in [1.807, 2.05) is 16.1 Å². The molecular formula is C70H81F10N12O18P. The van der Waals surface area contributed by atoms with E-state index in [4.69, 9.17) is 14.0 Å². The molecule has 0 spiro atoms. The van der Waals surface area contributed by atoms with E-state index in [9.17, 15) is 62.1 Å². The summed E-state index contributed by atoms with van der Waals surface area (Å²) in [6.45, 7) is 2.27. The molecule has 7 atom stereocenters. The molecule has 0 aliphatic carbocycles. The van der Waals surface area contributed by atoms with Crippen LogP contribution in [0, 0.1) is 41.2 Å². The highest BCUT2D eigenvalue weighted by Crippen LogP contribution is 2.47. The molecule has 30 nitrogen and oxygen atoms in total. The lowest BCUT2D eigenvalue weighted by Crippen LogP contribution is -2.64. The minimum atomic E-state index is -5.66. The third kappa shape index (κ3) is 21.9. The number of hydrogen-bond acceptors (Lipinski definition) is 20. The summed E-state index contributed by atoms with van der Waals surface area (Å²) in [5.41, 5.74) is -8.60. The Labute approximate surface area is 627 Å². The molecule has 3 fully saturated rings. The van der Waals surface area contributed by atoms with Crippen molar-refractivity contribution in [1.29, 1.82) is 0 Å². The average molecular weight is 1600 g/mol. The summed E-state index contributed by atoms with van der Waals surface area (Å²) < 4.78 is 191. The van der Waals surface area contributed by atoms with E-state index in [1.54, 1.807) is 5.32 Å². The number of ether oxygens (including phenoxy) is 4. The second-order valence-corrected chi connectivity index (χ2v) is 29.6. The van der Waals surface area contributed by atoms with Crippen molar-refractivity contribution in [3.63, 3.8) is 0 Å². The van der Waals surface area contributed by atoms with Gasteiger partial charge in [-0.05, 0) is 107 Å². The van der Waals surface area contributed by atoms with Gasteiger partial charge in [0.15, 0.2) is 0 Å². The summed E-state index contributed by atoms with van der Waals surface area (Å²) in [5, 5.41) is 31.1. The minimum Gasteiger partial charge on any atom is -0.481 e. The number of carboxylic acids is 2. The van der Waals surface area contributed by atoms with Crippen LogP contribution in [0.3, 0.4) is 0 Å². The Morgan fingerprint density at radius 2 is 1.31 bits per heavy atom. The fourth-order valence-electron chi connectivity index (χ4n) is 13.0. The Morgan fingerprint density at radius 3 is 1.80 bits per heavy atom. The quantitative estimate of drug-likeness (QED) is 0.00524. The third-order valence-electron chi connectivity index (χ3n) is 19.1. The Hall–Kier alpha value is -10.2. The predicted octanol–water partition coefficient (Wildman–Crippen LogP) is 7.30. The molecule has 111 heavy (non-hydrogen) atoms. The van der Waals surface area contributed by atoms with Crippen LogP contribution >= 0.6 is 7.82 Å². The van der Waals surface area contributed by atoms with Gasteiger partial charge in [-0.3, -0.25) is 44.1 Å². The normalized spacial score (nSPS) is 17.1. The molecule has 5 heterocycles. The number of aliphatic carboxylic acids is 2. The number of rotatable bonds is 31. The van der Waals surface area contributed by atoms with Crippen LogP contribution in [0.4, 0.5) is 59.4 Å². The lowest BCUT2D eigenvalue weighted by atomic mass is 9.77. The fourth-order valence-corrected chi connectivity index (χ4v) is 13.4. The third-order valence-corrected chi connectivity index (χ3v) is 19.5. The van der Waals surface area contributed by atoms with E-state index in [0.29, 0.717) is 108 Å². The standard InChI is InChI=1S/C70H81F10N12O18P/c1-36-20-41(25-53(93)83-50(61(99)100)26-54(94)95)56(51(21-36)110-111(103,104)105)66(2,3)27-55(96)109-52(33-90(88-60(98)58(86-65(102)107-9)68(6,7)70(78,79)80)32-45-46(71)23-40(24-47(45)72)48-18-19-91(87-48)62(73)74)49(84-59(97)57(85-64(101)106-8)67(4,5)69(75,76)77)22-38-13-10-37(11-14-38)12-15-39-28-81-63(82-29-39)89-30-42-16-17-43(31-89)92(42)44-34-108-35-44/h10-11,13-14,18-21,23-24,28-29,42-44,49-50,52,57-58,62H,16-17,22,25-27,30-35H2,1-9H3,(H,83,93)(H,84,97)(H,85,101)(H,86,102)(H,88,98)(H,94,95)(H,99,100)(H2,103,104,105)/t42?,43?,49-,50-,52-,57+,58+/m0/s1. The van der Waals surface area contributed by atoms with Crippen LogP contribution in [0.1, 0.15) is 113 Å². The van der Waals surface area contributed by atoms with Gasteiger partial charge in [-0.15, -0.1) is 0 Å². The first-order valence-corrected chi connectivity index (χ1v) is 35.6. The van der Waals surface area contributed by atoms with Gasteiger partial charge < -0.3 is 59.9 Å². The van der Waals surface area contributed by atoms with Crippen LogP contribution < -0.4 is 36.1 Å². The van der Waals surface area contributed by atoms with Crippen molar-refractivity contribution in [3.05, 3.63) is 124 Å². The zero-order valence-electron chi connectivity index (χ0n) is 61.0. The molecule has 3 aromatic carbocycles. The maximum absolute atomic E-state index is 16.9. The summed E-state index contributed by atoms with van der Waals surface area (Å²) in [7, 11) is -4.22. The Kier molecular flexibility index (Phi) is 27.3. The summed E-state index contributed by atoms with van der Waals surface area (Å²) in [4.78, 5) is 143. The number of carboxylic acid groups (broad SMARTS) is 2. The smallest absolute Gasteiger partial charge is 0.481 e. The molecule has 8 rings (SSSR count). The van der Waals surface area contributed by atoms with E-state index in [2.05, 4.69) is 51.5 Å². The van der Waals surface area contributed by atoms with E-state index in [-0.39, 0.29) is 26.9 Å². The van der Waals surface area contributed by atoms with Crippen LogP contribution in [-0.2, 0) is 77.1 Å². The Balaban J connectivity index is 1.28. The first kappa shape index (κ1) is 86.4. The molecule has 3 aliphatic heterocycles. The van der Waals surface area contributed by atoms with Crippen molar-refractivity contribution in [2.24, 2.45) is 10.8 Å². The van der Waals surface area contributed by atoms with Crippen molar-refractivity contribution in [2.45, 2.75) is 166 Å². The molecule has 0 radical (unpaired) electrons. The number of phosphoric ester groups is 1. The van der Waals surface area contributed by atoms with Crippen molar-refractivity contribution in [3.8, 4) is 28.8 Å². The topological polar surface area (TPSA) is 394 Å². The SMILES string of the molecule is COC(=O)N[C@H](C(=O)N[C@@H](Cc1ccc(C#Cc2cnc(N3CC4CCC(C3)N4C3COC3)nc2)cc1)[C@H](CN(Cc1c(F)cc(-c2ccn(C(F)F)n2)cc1F)NC(=O)[C@@H](NC(=O)OC)C(C)(C)C(F)(F)F)OC(=O)CC(C)(C)c1c(CC(=O)N[C@@H](CC(=O)O)C(=O)O)cc(C)cc1OP(=O)(O)O)C(C)(C)C(F)(F)F. The van der Waals surface area contributed by atoms with Gasteiger partial charge in [0.1, 0.15) is 41.6 Å². The fraction of sp³-hybridized carbons (Fsp3) is 0.500. The van der Waals surface area contributed by atoms with Gasteiger partial charge in [0.05, 0.1) is 87.4 Å². The number of halogens is 10. The number of aryl methyl sites for hydroxylation is 1. The number of hydrazine groups is 1. The number of carbonyl (C=O) groups excluding carboxylic acids is 6. The second kappa shape index (κ2) is 35.0. The monoisotopic (exact) mass is 1600 g/mol. The number of piperazine rings is 1. The zero-order valence-corrected chi connectivity index (χ0v) is 61.9. The number of anilines is 1. The molecule has 3 saturated heterocycles. The molecule has 2 aromatic heterocycles. The zero-order chi connectivity index (χ0) is 82.2. The van der Waals surface area contributed by atoms with E-state index < -0.39 is 200 Å². The number of amides is 5. The number of carbonyl (C=O) groups is 8. The summed E-state index contributed by atoms with van der Waals surface area (Å²) in [6, 6.07) is 1.09. The first-order chi connectivity index (χ1) is 51.7. The molecule has 2 unspecified atom stereocenters. The number of alkyl halides is 8. The number of benzene rings is 3. The van der Waals surface area contributed by atoms with Crippen LogP contribution in [0.2, 0.25) is 0 Å². The van der Waals surface area contributed by atoms with Crippen LogP contribution in [0.5, 0.6) is 5.75 Å². The van der Waals surface area contributed by atoms with E-state index in [0.717, 1.165) is 38.3 Å². The molecule has 3 aliphatic rings. The van der Waals surface area contributed by atoms with Crippen molar-refractivity contribution >= 4 is 61.6 Å². The highest BCUT2D eigenvalue weighted by molar-refractivity contribution is 7.46. The van der Waals surface area contributed by atoms with Crippen molar-refractivity contribution in [1.82, 2.24) is 56.4 Å². The van der Waals surface area contributed by atoms with Crippen molar-refractivity contribution < 1.29 is 130 Å². The van der Waals surface area contributed by atoms with Crippen molar-refractivity contribution in [2.75, 3.05) is 52.0 Å². The van der Waals surface area contributed by atoms with Gasteiger partial charge in [0.25, 0.3) is 5.91 Å². The Bertz CT molecular complexity index is 4340. The van der Waals surface area contributed by atoms with E-state index >= 15 is 44.7 Å². The highest BCUT2D eigenvalue weighted by atomic mass is 31.2. The maximum atomic E-state index is 16.9. The lowest BCUT2D eigenvalue weighted by molar-refractivity contribution is -0.221. The number of aromatic nitrogens is 4. The van der Waals surface area contributed by atoms with Gasteiger partial charge in [-0.25, -0.2) is 47.4 Å². The number of nitrogens with zero attached hydrogens (tertiary/aromatic N) is 7. The highest BCUT2D eigenvalue weighted by Gasteiger charge is 2.58. The van der Waals surface area contributed by atoms with Crippen LogP contribution in [0.25, 0.3) is 11.3 Å². The number of esters is 1. The number of nitrogens with one attached hydrogen (secondary N) is 5. The molecule has 0 saturated carbocycles.